The second-order valence-electron chi connectivity index (χ2n) is 6.71. The number of pyridine rings is 1. The first-order valence-electron chi connectivity index (χ1n) is 8.92. The fourth-order valence-corrected chi connectivity index (χ4v) is 3.43. The number of carbonyl (C=O) groups is 1. The van der Waals surface area contributed by atoms with Crippen LogP contribution in [0.15, 0.2) is 60.8 Å². The highest BCUT2D eigenvalue weighted by atomic mass is 19.1. The number of fused-ring (bicyclic) bond motifs is 1. The van der Waals surface area contributed by atoms with Gasteiger partial charge in [-0.15, -0.1) is 0 Å². The summed E-state index contributed by atoms with van der Waals surface area (Å²) in [5.74, 6) is -0.673. The van der Waals surface area contributed by atoms with Crippen molar-refractivity contribution in [2.75, 3.05) is 7.11 Å². The number of methoxy groups -OCH3 is 1. The molecule has 28 heavy (non-hydrogen) atoms. The highest BCUT2D eigenvalue weighted by Crippen LogP contribution is 2.35. The molecule has 0 fully saturated rings. The Balaban J connectivity index is 1.91. The SMILES string of the molecule is COC(=O)c1ccn2c(C)c(-c3ccccc3-c3ccc(C)cc3F)nc2c1. The summed E-state index contributed by atoms with van der Waals surface area (Å²) in [5, 5.41) is 0. The third-order valence-electron chi connectivity index (χ3n) is 4.88. The molecule has 0 amide bonds. The van der Waals surface area contributed by atoms with Crippen LogP contribution >= 0.6 is 0 Å². The zero-order valence-electron chi connectivity index (χ0n) is 15.9. The van der Waals surface area contributed by atoms with E-state index in [4.69, 9.17) is 9.72 Å². The molecule has 5 heteroatoms. The van der Waals surface area contributed by atoms with Crippen LogP contribution < -0.4 is 0 Å². The normalized spacial score (nSPS) is 11.0. The average Bonchev–Trinajstić information content (AvgIpc) is 3.03. The minimum atomic E-state index is -0.410. The van der Waals surface area contributed by atoms with Gasteiger partial charge in [0, 0.05) is 23.0 Å². The maximum absolute atomic E-state index is 14.6. The van der Waals surface area contributed by atoms with E-state index in [-0.39, 0.29) is 5.82 Å². The Hall–Kier alpha value is -3.47. The van der Waals surface area contributed by atoms with Crippen molar-refractivity contribution in [3.8, 4) is 22.4 Å². The Kier molecular flexibility index (Phi) is 4.43. The number of esters is 1. The molecule has 2 aromatic heterocycles. The summed E-state index contributed by atoms with van der Waals surface area (Å²) in [6, 6.07) is 16.2. The third kappa shape index (κ3) is 2.95. The minimum Gasteiger partial charge on any atom is -0.465 e. The summed E-state index contributed by atoms with van der Waals surface area (Å²) in [5.41, 5.74) is 5.75. The molecule has 0 N–H and O–H groups in total. The summed E-state index contributed by atoms with van der Waals surface area (Å²) in [7, 11) is 1.35. The summed E-state index contributed by atoms with van der Waals surface area (Å²) >= 11 is 0. The fraction of sp³-hybridized carbons (Fsp3) is 0.130. The van der Waals surface area contributed by atoms with Gasteiger partial charge >= 0.3 is 5.97 Å². The Morgan fingerprint density at radius 2 is 1.75 bits per heavy atom. The lowest BCUT2D eigenvalue weighted by atomic mass is 9.96. The van der Waals surface area contributed by atoms with Gasteiger partial charge in [-0.2, -0.15) is 0 Å². The van der Waals surface area contributed by atoms with Gasteiger partial charge in [-0.1, -0.05) is 36.4 Å². The Bertz CT molecular complexity index is 1210. The van der Waals surface area contributed by atoms with E-state index in [1.54, 1.807) is 24.4 Å². The predicted molar refractivity (Wildman–Crippen MR) is 107 cm³/mol. The van der Waals surface area contributed by atoms with Crippen LogP contribution in [0.1, 0.15) is 21.6 Å². The number of carbonyl (C=O) groups excluding carboxylic acids is 1. The van der Waals surface area contributed by atoms with Crippen molar-refractivity contribution in [1.29, 1.82) is 0 Å². The predicted octanol–water partition coefficient (Wildman–Crippen LogP) is 5.21. The van der Waals surface area contributed by atoms with Gasteiger partial charge in [0.2, 0.25) is 0 Å². The monoisotopic (exact) mass is 374 g/mol. The number of ether oxygens (including phenoxy) is 1. The molecule has 140 valence electrons. The molecule has 0 atom stereocenters. The van der Waals surface area contributed by atoms with Gasteiger partial charge < -0.3 is 9.14 Å². The largest absolute Gasteiger partial charge is 0.465 e. The lowest BCUT2D eigenvalue weighted by molar-refractivity contribution is 0.0600. The molecule has 0 bridgehead atoms. The van der Waals surface area contributed by atoms with Crippen LogP contribution in [-0.2, 0) is 4.74 Å². The maximum Gasteiger partial charge on any atom is 0.338 e. The van der Waals surface area contributed by atoms with Crippen molar-refractivity contribution < 1.29 is 13.9 Å². The molecule has 0 aliphatic rings. The molecule has 4 rings (SSSR count). The van der Waals surface area contributed by atoms with E-state index in [2.05, 4.69) is 0 Å². The second-order valence-corrected chi connectivity index (χ2v) is 6.71. The first-order chi connectivity index (χ1) is 13.5. The number of hydrogen-bond acceptors (Lipinski definition) is 3. The average molecular weight is 374 g/mol. The highest BCUT2D eigenvalue weighted by Gasteiger charge is 2.17. The lowest BCUT2D eigenvalue weighted by Gasteiger charge is -2.10. The molecule has 0 aliphatic carbocycles. The van der Waals surface area contributed by atoms with E-state index >= 15 is 0 Å². The van der Waals surface area contributed by atoms with Crippen molar-refractivity contribution >= 4 is 11.6 Å². The zero-order valence-corrected chi connectivity index (χ0v) is 15.9. The van der Waals surface area contributed by atoms with E-state index < -0.39 is 5.97 Å². The van der Waals surface area contributed by atoms with Crippen LogP contribution in [-0.4, -0.2) is 22.5 Å². The van der Waals surface area contributed by atoms with Crippen LogP contribution in [0.5, 0.6) is 0 Å². The van der Waals surface area contributed by atoms with Crippen molar-refractivity contribution in [3.63, 3.8) is 0 Å². The van der Waals surface area contributed by atoms with E-state index in [1.165, 1.54) is 13.2 Å². The number of aromatic nitrogens is 2. The van der Waals surface area contributed by atoms with Gasteiger partial charge in [-0.3, -0.25) is 0 Å². The molecule has 2 heterocycles. The van der Waals surface area contributed by atoms with Crippen molar-refractivity contribution in [1.82, 2.24) is 9.38 Å². The van der Waals surface area contributed by atoms with Gasteiger partial charge in [0.05, 0.1) is 18.4 Å². The number of imidazole rings is 1. The number of hydrogen-bond donors (Lipinski definition) is 0. The standard InChI is InChI=1S/C23H19FN2O2/c1-14-8-9-18(20(24)12-14)17-6-4-5-7-19(17)22-15(2)26-11-10-16(23(27)28-3)13-21(26)25-22/h4-13H,1-3H3. The van der Waals surface area contributed by atoms with Crippen LogP contribution in [0.4, 0.5) is 4.39 Å². The van der Waals surface area contributed by atoms with Gasteiger partial charge in [0.25, 0.3) is 0 Å². The maximum atomic E-state index is 14.6. The molecule has 0 unspecified atom stereocenters. The topological polar surface area (TPSA) is 43.6 Å². The second kappa shape index (κ2) is 6.93. The molecular weight excluding hydrogens is 355 g/mol. The van der Waals surface area contributed by atoms with Crippen molar-refractivity contribution in [3.05, 3.63) is 83.4 Å². The van der Waals surface area contributed by atoms with Crippen LogP contribution in [0.25, 0.3) is 28.0 Å². The zero-order chi connectivity index (χ0) is 19.8. The number of benzene rings is 2. The Morgan fingerprint density at radius 1 is 1.00 bits per heavy atom. The third-order valence-corrected chi connectivity index (χ3v) is 4.88. The van der Waals surface area contributed by atoms with E-state index in [1.807, 2.05) is 48.6 Å². The molecule has 0 saturated heterocycles. The summed E-state index contributed by atoms with van der Waals surface area (Å²) in [6.07, 6.45) is 1.79. The molecule has 0 saturated carbocycles. The Morgan fingerprint density at radius 3 is 2.46 bits per heavy atom. The quantitative estimate of drug-likeness (QED) is 0.462. The number of nitrogens with zero attached hydrogens (tertiary/aromatic N) is 2. The van der Waals surface area contributed by atoms with Crippen molar-refractivity contribution in [2.45, 2.75) is 13.8 Å². The van der Waals surface area contributed by atoms with E-state index in [0.717, 1.165) is 28.1 Å². The summed E-state index contributed by atoms with van der Waals surface area (Å²) in [6.45, 7) is 3.82. The van der Waals surface area contributed by atoms with E-state index in [9.17, 15) is 9.18 Å². The molecule has 0 radical (unpaired) electrons. The first kappa shape index (κ1) is 17.9. The molecule has 4 nitrogen and oxygen atoms in total. The summed E-state index contributed by atoms with van der Waals surface area (Å²) < 4.78 is 21.3. The molecular formula is C23H19FN2O2. The van der Waals surface area contributed by atoms with Gasteiger partial charge in [0.15, 0.2) is 0 Å². The number of rotatable bonds is 3. The van der Waals surface area contributed by atoms with Crippen LogP contribution in [0.2, 0.25) is 0 Å². The first-order valence-corrected chi connectivity index (χ1v) is 8.92. The van der Waals surface area contributed by atoms with Crippen LogP contribution in [0, 0.1) is 19.7 Å². The van der Waals surface area contributed by atoms with Gasteiger partial charge in [-0.25, -0.2) is 14.2 Å². The molecule has 0 spiro atoms. The summed E-state index contributed by atoms with van der Waals surface area (Å²) in [4.78, 5) is 16.5. The minimum absolute atomic E-state index is 0.262. The molecule has 0 aliphatic heterocycles. The van der Waals surface area contributed by atoms with Gasteiger partial charge in [-0.05, 0) is 43.2 Å². The van der Waals surface area contributed by atoms with Gasteiger partial charge in [0.1, 0.15) is 11.5 Å². The highest BCUT2D eigenvalue weighted by molar-refractivity contribution is 5.91. The fourth-order valence-electron chi connectivity index (χ4n) is 3.43. The number of aryl methyl sites for hydroxylation is 2. The van der Waals surface area contributed by atoms with E-state index in [0.29, 0.717) is 16.8 Å². The lowest BCUT2D eigenvalue weighted by Crippen LogP contribution is -2.02. The van der Waals surface area contributed by atoms with Crippen molar-refractivity contribution in [2.24, 2.45) is 0 Å². The molecule has 4 aromatic rings. The smallest absolute Gasteiger partial charge is 0.338 e. The number of halogens is 1. The molecule has 2 aromatic carbocycles. The Labute approximate surface area is 162 Å². The van der Waals surface area contributed by atoms with Crippen LogP contribution in [0.3, 0.4) is 0 Å².